The summed E-state index contributed by atoms with van der Waals surface area (Å²) in [7, 11) is 2.32. The lowest BCUT2D eigenvalue weighted by molar-refractivity contribution is -0.139. The summed E-state index contributed by atoms with van der Waals surface area (Å²) in [6, 6.07) is 15.2. The molecule has 1 aliphatic rings. The predicted molar refractivity (Wildman–Crippen MR) is 115 cm³/mol. The summed E-state index contributed by atoms with van der Waals surface area (Å²) in [6.45, 7) is 0. The molecular weight excluding hydrogens is 466 g/mol. The zero-order chi connectivity index (χ0) is 22.7. The van der Waals surface area contributed by atoms with E-state index in [0.29, 0.717) is 10.0 Å². The van der Waals surface area contributed by atoms with Crippen molar-refractivity contribution in [2.24, 2.45) is 5.73 Å². The highest BCUT2D eigenvalue weighted by Gasteiger charge is 2.43. The van der Waals surface area contributed by atoms with Crippen molar-refractivity contribution in [3.63, 3.8) is 0 Å². The zero-order valence-corrected chi connectivity index (χ0v) is 18.2. The fourth-order valence-electron chi connectivity index (χ4n) is 3.44. The maximum Gasteiger partial charge on any atom is 0.355 e. The molecule has 0 radical (unpaired) electrons. The Hall–Kier alpha value is -3.77. The largest absolute Gasteiger partial charge is 0.506 e. The van der Waals surface area contributed by atoms with Gasteiger partial charge in [-0.1, -0.05) is 46.3 Å². The number of phenols is 1. The van der Waals surface area contributed by atoms with Gasteiger partial charge in [0.2, 0.25) is 0 Å². The van der Waals surface area contributed by atoms with Gasteiger partial charge in [0.05, 0.1) is 43.0 Å². The second kappa shape index (κ2) is 8.93. The molecule has 2 aromatic rings. The highest BCUT2D eigenvalue weighted by Crippen LogP contribution is 2.45. The van der Waals surface area contributed by atoms with Crippen LogP contribution in [-0.2, 0) is 19.1 Å². The number of methoxy groups -OCH3 is 2. The molecule has 31 heavy (non-hydrogen) atoms. The van der Waals surface area contributed by atoms with Crippen LogP contribution in [0.5, 0.6) is 5.75 Å². The molecule has 1 atom stereocenters. The average molecular weight is 484 g/mol. The first kappa shape index (κ1) is 21.9. The van der Waals surface area contributed by atoms with Crippen molar-refractivity contribution >= 4 is 33.6 Å². The smallest absolute Gasteiger partial charge is 0.355 e. The molecular formula is C22H18BrN3O5. The molecule has 8 nitrogen and oxygen atoms in total. The van der Waals surface area contributed by atoms with Crippen LogP contribution in [0.1, 0.15) is 11.5 Å². The molecule has 0 aliphatic carbocycles. The van der Waals surface area contributed by atoms with Gasteiger partial charge >= 0.3 is 11.9 Å². The first-order valence-corrected chi connectivity index (χ1v) is 9.79. The molecule has 0 aromatic heterocycles. The van der Waals surface area contributed by atoms with E-state index in [4.69, 9.17) is 15.2 Å². The fourth-order valence-corrected chi connectivity index (χ4v) is 3.79. The van der Waals surface area contributed by atoms with Gasteiger partial charge in [-0.25, -0.2) is 9.59 Å². The second-order valence-electron chi connectivity index (χ2n) is 6.47. The molecule has 1 aliphatic heterocycles. The standard InChI is InChI=1S/C22H18BrN3O5/c1-30-21(28)18-17(12-6-4-3-5-7-12)14(11-24)20(25)26(19(18)22(29)31-2)15-10-13(23)8-9-16(15)27/h3-10,17,27H,25H2,1-2H3. The number of anilines is 1. The summed E-state index contributed by atoms with van der Waals surface area (Å²) in [5.41, 5.74) is 6.62. The number of aromatic hydroxyl groups is 1. The van der Waals surface area contributed by atoms with Crippen molar-refractivity contribution in [2.45, 2.75) is 5.92 Å². The highest BCUT2D eigenvalue weighted by atomic mass is 79.9. The first-order valence-electron chi connectivity index (χ1n) is 8.99. The number of esters is 2. The van der Waals surface area contributed by atoms with E-state index < -0.39 is 17.9 Å². The summed E-state index contributed by atoms with van der Waals surface area (Å²) in [5, 5.41) is 20.4. The van der Waals surface area contributed by atoms with Crippen molar-refractivity contribution in [3.05, 3.63) is 81.2 Å². The molecule has 0 saturated heterocycles. The van der Waals surface area contributed by atoms with Crippen LogP contribution in [0.15, 0.2) is 75.7 Å². The second-order valence-corrected chi connectivity index (χ2v) is 7.38. The van der Waals surface area contributed by atoms with Crippen molar-refractivity contribution in [1.29, 1.82) is 5.26 Å². The predicted octanol–water partition coefficient (Wildman–Crippen LogP) is 3.05. The minimum atomic E-state index is -0.974. The van der Waals surface area contributed by atoms with E-state index in [1.54, 1.807) is 36.4 Å². The van der Waals surface area contributed by atoms with Gasteiger partial charge in [0, 0.05) is 4.47 Å². The molecule has 1 unspecified atom stereocenters. The Morgan fingerprint density at radius 2 is 1.77 bits per heavy atom. The lowest BCUT2D eigenvalue weighted by Gasteiger charge is -2.36. The van der Waals surface area contributed by atoms with Gasteiger partial charge in [0.15, 0.2) is 0 Å². The quantitative estimate of drug-likeness (QED) is 0.635. The lowest BCUT2D eigenvalue weighted by atomic mass is 9.81. The van der Waals surface area contributed by atoms with E-state index >= 15 is 0 Å². The minimum Gasteiger partial charge on any atom is -0.506 e. The van der Waals surface area contributed by atoms with E-state index in [1.807, 2.05) is 6.07 Å². The fraction of sp³-hybridized carbons (Fsp3) is 0.136. The van der Waals surface area contributed by atoms with Crippen molar-refractivity contribution in [2.75, 3.05) is 19.1 Å². The van der Waals surface area contributed by atoms with Gasteiger partial charge in [0.25, 0.3) is 0 Å². The Bertz CT molecular complexity index is 1150. The van der Waals surface area contributed by atoms with E-state index in [2.05, 4.69) is 15.9 Å². The van der Waals surface area contributed by atoms with Gasteiger partial charge in [0.1, 0.15) is 17.3 Å². The third-order valence-corrected chi connectivity index (χ3v) is 5.28. The van der Waals surface area contributed by atoms with Crippen LogP contribution in [0, 0.1) is 11.3 Å². The van der Waals surface area contributed by atoms with Crippen LogP contribution in [-0.4, -0.2) is 31.3 Å². The lowest BCUT2D eigenvalue weighted by Crippen LogP contribution is -2.40. The number of nitrogens with zero attached hydrogens (tertiary/aromatic N) is 2. The van der Waals surface area contributed by atoms with Crippen LogP contribution in [0.4, 0.5) is 5.69 Å². The normalized spacial score (nSPS) is 16.1. The number of nitrogens with two attached hydrogens (primary N) is 1. The number of hydrogen-bond donors (Lipinski definition) is 2. The monoisotopic (exact) mass is 483 g/mol. The molecule has 9 heteroatoms. The Morgan fingerprint density at radius 3 is 2.35 bits per heavy atom. The summed E-state index contributed by atoms with van der Waals surface area (Å²) < 4.78 is 10.5. The number of rotatable bonds is 4. The average Bonchev–Trinajstić information content (AvgIpc) is 2.79. The van der Waals surface area contributed by atoms with Gasteiger partial charge in [-0.3, -0.25) is 4.90 Å². The number of halogens is 1. The number of phenolic OH excluding ortho intramolecular Hbond substituents is 1. The van der Waals surface area contributed by atoms with Gasteiger partial charge in [-0.2, -0.15) is 5.26 Å². The minimum absolute atomic E-state index is 0.0126. The topological polar surface area (TPSA) is 126 Å². The van der Waals surface area contributed by atoms with Crippen molar-refractivity contribution < 1.29 is 24.2 Å². The molecule has 158 valence electrons. The number of allylic oxidation sites excluding steroid dienone is 1. The number of hydrogen-bond acceptors (Lipinski definition) is 8. The maximum atomic E-state index is 12.9. The van der Waals surface area contributed by atoms with Crippen LogP contribution in [0.2, 0.25) is 0 Å². The van der Waals surface area contributed by atoms with Crippen LogP contribution in [0.3, 0.4) is 0 Å². The maximum absolute atomic E-state index is 12.9. The molecule has 0 bridgehead atoms. The van der Waals surface area contributed by atoms with E-state index in [9.17, 15) is 20.0 Å². The number of carbonyl (C=O) groups excluding carboxylic acids is 2. The zero-order valence-electron chi connectivity index (χ0n) is 16.6. The van der Waals surface area contributed by atoms with Gasteiger partial charge in [-0.05, 0) is 23.8 Å². The summed E-state index contributed by atoms with van der Waals surface area (Å²) >= 11 is 3.31. The molecule has 1 heterocycles. The summed E-state index contributed by atoms with van der Waals surface area (Å²) in [4.78, 5) is 27.0. The molecule has 0 amide bonds. The molecule has 3 N–H and O–H groups in total. The third kappa shape index (κ3) is 3.85. The summed E-state index contributed by atoms with van der Waals surface area (Å²) in [5.74, 6) is -3.06. The third-order valence-electron chi connectivity index (χ3n) is 4.79. The summed E-state index contributed by atoms with van der Waals surface area (Å²) in [6.07, 6.45) is 0. The van der Waals surface area contributed by atoms with E-state index in [-0.39, 0.29) is 34.1 Å². The SMILES string of the molecule is COC(=O)C1=C(C(=O)OC)N(c2cc(Br)ccc2O)C(N)=C(C#N)C1c1ccccc1. The van der Waals surface area contributed by atoms with Crippen LogP contribution in [0.25, 0.3) is 0 Å². The van der Waals surface area contributed by atoms with Crippen LogP contribution >= 0.6 is 15.9 Å². The van der Waals surface area contributed by atoms with Crippen molar-refractivity contribution in [3.8, 4) is 11.8 Å². The molecule has 0 saturated carbocycles. The van der Waals surface area contributed by atoms with Gasteiger partial charge < -0.3 is 20.3 Å². The Balaban J connectivity index is 2.45. The van der Waals surface area contributed by atoms with Crippen molar-refractivity contribution in [1.82, 2.24) is 0 Å². The highest BCUT2D eigenvalue weighted by molar-refractivity contribution is 9.10. The van der Waals surface area contributed by atoms with E-state index in [1.165, 1.54) is 19.2 Å². The van der Waals surface area contributed by atoms with E-state index in [0.717, 1.165) is 12.0 Å². The van der Waals surface area contributed by atoms with Gasteiger partial charge in [-0.15, -0.1) is 0 Å². The number of carbonyl (C=O) groups is 2. The number of benzene rings is 2. The molecule has 0 spiro atoms. The Labute approximate surface area is 186 Å². The molecule has 3 rings (SSSR count). The Morgan fingerprint density at radius 1 is 1.13 bits per heavy atom. The Kier molecular flexibility index (Phi) is 6.32. The van der Waals surface area contributed by atoms with Crippen LogP contribution < -0.4 is 10.6 Å². The first-order chi connectivity index (χ1) is 14.8. The molecule has 2 aromatic carbocycles. The molecule has 0 fully saturated rings. The number of ether oxygens (including phenoxy) is 2. The number of nitriles is 1.